The van der Waals surface area contributed by atoms with Crippen molar-refractivity contribution in [1.82, 2.24) is 15.5 Å². The Hall–Kier alpha value is -1.67. The molecular weight excluding hydrogens is 335 g/mol. The second-order valence-corrected chi connectivity index (χ2v) is 7.62. The summed E-state index contributed by atoms with van der Waals surface area (Å²) in [4.78, 5) is 12.0. The summed E-state index contributed by atoms with van der Waals surface area (Å²) in [5.41, 5.74) is 0.872. The topological polar surface area (TPSA) is 66.9 Å². The summed E-state index contributed by atoms with van der Waals surface area (Å²) in [5, 5.41) is 15.1. The van der Waals surface area contributed by atoms with E-state index < -0.39 is 0 Å². The van der Waals surface area contributed by atoms with Crippen molar-refractivity contribution in [2.24, 2.45) is 0 Å². The van der Waals surface area contributed by atoms with Crippen LogP contribution < -0.4 is 10.6 Å². The minimum atomic E-state index is -0.283. The van der Waals surface area contributed by atoms with Crippen LogP contribution in [0.25, 0.3) is 0 Å². The van der Waals surface area contributed by atoms with Gasteiger partial charge in [0.1, 0.15) is 5.82 Å². The van der Waals surface area contributed by atoms with Crippen LogP contribution in [0.3, 0.4) is 0 Å². The number of thioether (sulfide) groups is 1. The Morgan fingerprint density at radius 2 is 2.13 bits per heavy atom. The number of amides is 1. The van der Waals surface area contributed by atoms with Crippen LogP contribution in [0.15, 0.2) is 28.6 Å². The van der Waals surface area contributed by atoms with E-state index in [1.165, 1.54) is 48.1 Å². The zero-order valence-corrected chi connectivity index (χ0v) is 14.2. The number of anilines is 1. The van der Waals surface area contributed by atoms with Crippen LogP contribution in [0.4, 0.5) is 9.52 Å². The van der Waals surface area contributed by atoms with Gasteiger partial charge in [0.2, 0.25) is 11.0 Å². The fraction of sp³-hybridized carbons (Fsp3) is 0.400. The minimum Gasteiger partial charge on any atom is -0.357 e. The van der Waals surface area contributed by atoms with E-state index in [4.69, 9.17) is 0 Å². The van der Waals surface area contributed by atoms with Crippen molar-refractivity contribution in [2.75, 3.05) is 11.1 Å². The molecule has 1 aliphatic rings. The number of hydrogen-bond acceptors (Lipinski definition) is 6. The summed E-state index contributed by atoms with van der Waals surface area (Å²) in [6.45, 7) is 1.87. The van der Waals surface area contributed by atoms with Gasteiger partial charge in [-0.25, -0.2) is 4.39 Å². The molecule has 1 fully saturated rings. The number of benzene rings is 1. The molecule has 1 aromatic carbocycles. The standard InChI is InChI=1S/C15H17FN4OS2/c1-9(10-2-4-11(16)5-3-10)17-13(21)8-22-15-20-19-14(23-15)18-12-6-7-12/h2-5,9,12H,6-8H2,1H3,(H,17,21)(H,18,19). The van der Waals surface area contributed by atoms with Crippen molar-refractivity contribution < 1.29 is 9.18 Å². The van der Waals surface area contributed by atoms with Gasteiger partial charge in [-0.2, -0.15) is 0 Å². The number of hydrogen-bond donors (Lipinski definition) is 2. The molecule has 2 aromatic rings. The summed E-state index contributed by atoms with van der Waals surface area (Å²) in [6, 6.07) is 6.51. The van der Waals surface area contributed by atoms with Crippen molar-refractivity contribution in [3.63, 3.8) is 0 Å². The van der Waals surface area contributed by atoms with Gasteiger partial charge in [-0.05, 0) is 37.5 Å². The van der Waals surface area contributed by atoms with E-state index in [1.54, 1.807) is 12.1 Å². The molecule has 1 aromatic heterocycles. The highest BCUT2D eigenvalue weighted by Crippen LogP contribution is 2.30. The first-order chi connectivity index (χ1) is 11.1. The smallest absolute Gasteiger partial charge is 0.230 e. The first-order valence-corrected chi connectivity index (χ1v) is 9.18. The number of nitrogens with zero attached hydrogens (tertiary/aromatic N) is 2. The summed E-state index contributed by atoms with van der Waals surface area (Å²) in [5.74, 6) is -0.0858. The Morgan fingerprint density at radius 1 is 1.39 bits per heavy atom. The molecule has 0 radical (unpaired) electrons. The lowest BCUT2D eigenvalue weighted by Crippen LogP contribution is -2.28. The molecule has 23 heavy (non-hydrogen) atoms. The molecule has 122 valence electrons. The Bertz CT molecular complexity index is 672. The number of halogens is 1. The molecule has 3 rings (SSSR count). The lowest BCUT2D eigenvalue weighted by molar-refractivity contribution is -0.119. The maximum atomic E-state index is 12.9. The summed E-state index contributed by atoms with van der Waals surface area (Å²) >= 11 is 2.84. The van der Waals surface area contributed by atoms with Gasteiger partial charge in [0.05, 0.1) is 11.8 Å². The second-order valence-electron chi connectivity index (χ2n) is 5.42. The van der Waals surface area contributed by atoms with E-state index in [-0.39, 0.29) is 23.5 Å². The Balaban J connectivity index is 1.45. The first-order valence-electron chi connectivity index (χ1n) is 7.38. The van der Waals surface area contributed by atoms with Crippen LogP contribution in [0, 0.1) is 5.82 Å². The predicted octanol–water partition coefficient (Wildman–Crippen LogP) is 3.22. The summed E-state index contributed by atoms with van der Waals surface area (Å²) in [6.07, 6.45) is 2.37. The predicted molar refractivity (Wildman–Crippen MR) is 90.2 cm³/mol. The minimum absolute atomic E-state index is 0.0845. The van der Waals surface area contributed by atoms with Crippen molar-refractivity contribution in [1.29, 1.82) is 0 Å². The maximum absolute atomic E-state index is 12.9. The maximum Gasteiger partial charge on any atom is 0.230 e. The van der Waals surface area contributed by atoms with E-state index in [2.05, 4.69) is 20.8 Å². The Morgan fingerprint density at radius 3 is 2.83 bits per heavy atom. The van der Waals surface area contributed by atoms with E-state index in [0.29, 0.717) is 6.04 Å². The second kappa shape index (κ2) is 7.27. The third-order valence-electron chi connectivity index (χ3n) is 3.39. The molecule has 5 nitrogen and oxygen atoms in total. The largest absolute Gasteiger partial charge is 0.357 e. The molecule has 1 unspecified atom stereocenters. The van der Waals surface area contributed by atoms with Crippen molar-refractivity contribution in [2.45, 2.75) is 36.2 Å². The monoisotopic (exact) mass is 352 g/mol. The highest BCUT2D eigenvalue weighted by atomic mass is 32.2. The van der Waals surface area contributed by atoms with Gasteiger partial charge in [-0.3, -0.25) is 4.79 Å². The van der Waals surface area contributed by atoms with Gasteiger partial charge in [0.15, 0.2) is 4.34 Å². The molecule has 1 amide bonds. The van der Waals surface area contributed by atoms with Crippen molar-refractivity contribution in [3.8, 4) is 0 Å². The van der Waals surface area contributed by atoms with Crippen molar-refractivity contribution in [3.05, 3.63) is 35.6 Å². The van der Waals surface area contributed by atoms with Gasteiger partial charge in [0, 0.05) is 6.04 Å². The summed E-state index contributed by atoms with van der Waals surface area (Å²) < 4.78 is 13.7. The zero-order valence-electron chi connectivity index (χ0n) is 12.6. The number of carbonyl (C=O) groups excluding carboxylic acids is 1. The molecule has 1 atom stereocenters. The van der Waals surface area contributed by atoms with Crippen LogP contribution in [0.5, 0.6) is 0 Å². The van der Waals surface area contributed by atoms with E-state index in [0.717, 1.165) is 15.0 Å². The van der Waals surface area contributed by atoms with E-state index >= 15 is 0 Å². The van der Waals surface area contributed by atoms with E-state index in [1.807, 2.05) is 6.92 Å². The van der Waals surface area contributed by atoms with Gasteiger partial charge < -0.3 is 10.6 Å². The molecule has 0 aliphatic heterocycles. The van der Waals surface area contributed by atoms with Crippen LogP contribution >= 0.6 is 23.1 Å². The highest BCUT2D eigenvalue weighted by Gasteiger charge is 2.22. The third kappa shape index (κ3) is 4.90. The van der Waals surface area contributed by atoms with Gasteiger partial charge in [-0.1, -0.05) is 35.2 Å². The molecule has 0 spiro atoms. The zero-order chi connectivity index (χ0) is 16.2. The number of nitrogens with one attached hydrogen (secondary N) is 2. The molecule has 0 bridgehead atoms. The number of aromatic nitrogens is 2. The van der Waals surface area contributed by atoms with Gasteiger partial charge in [0.25, 0.3) is 0 Å². The fourth-order valence-corrected chi connectivity index (χ4v) is 3.61. The highest BCUT2D eigenvalue weighted by molar-refractivity contribution is 8.01. The quantitative estimate of drug-likeness (QED) is 0.749. The normalized spacial score (nSPS) is 15.2. The Labute approximate surface area is 142 Å². The average Bonchev–Trinajstić information content (AvgIpc) is 3.22. The van der Waals surface area contributed by atoms with Crippen LogP contribution in [-0.4, -0.2) is 27.9 Å². The molecule has 1 aliphatic carbocycles. The van der Waals surface area contributed by atoms with Crippen LogP contribution in [0.2, 0.25) is 0 Å². The third-order valence-corrected chi connectivity index (χ3v) is 5.37. The number of rotatable bonds is 7. The lowest BCUT2D eigenvalue weighted by atomic mass is 10.1. The van der Waals surface area contributed by atoms with Crippen molar-refractivity contribution >= 4 is 34.1 Å². The van der Waals surface area contributed by atoms with Gasteiger partial charge >= 0.3 is 0 Å². The number of carbonyl (C=O) groups is 1. The fourth-order valence-electron chi connectivity index (χ4n) is 1.97. The molecular formula is C15H17FN4OS2. The molecule has 1 saturated carbocycles. The molecule has 1 heterocycles. The molecule has 2 N–H and O–H groups in total. The first kappa shape index (κ1) is 16.2. The van der Waals surface area contributed by atoms with E-state index in [9.17, 15) is 9.18 Å². The molecule has 8 heteroatoms. The molecule has 0 saturated heterocycles. The SMILES string of the molecule is CC(NC(=O)CSc1nnc(NC2CC2)s1)c1ccc(F)cc1. The lowest BCUT2D eigenvalue weighted by Gasteiger charge is -2.13. The van der Waals surface area contributed by atoms with Crippen LogP contribution in [0.1, 0.15) is 31.4 Å². The summed E-state index contributed by atoms with van der Waals surface area (Å²) in [7, 11) is 0. The Kier molecular flexibility index (Phi) is 5.12. The van der Waals surface area contributed by atoms with Gasteiger partial charge in [-0.15, -0.1) is 10.2 Å². The van der Waals surface area contributed by atoms with Crippen LogP contribution in [-0.2, 0) is 4.79 Å². The average molecular weight is 352 g/mol.